The summed E-state index contributed by atoms with van der Waals surface area (Å²) in [6.45, 7) is 5.90. The SMILES string of the molecule is CC.CSc1ccc(O)c(C)c1. The summed E-state index contributed by atoms with van der Waals surface area (Å²) in [4.78, 5) is 1.19. The number of hydrogen-bond acceptors (Lipinski definition) is 2. The Morgan fingerprint density at radius 3 is 2.25 bits per heavy atom. The molecular formula is C10H16OS. The first-order valence-corrected chi connectivity index (χ1v) is 5.30. The van der Waals surface area contributed by atoms with Crippen LogP contribution in [0.3, 0.4) is 0 Å². The number of aromatic hydroxyl groups is 1. The topological polar surface area (TPSA) is 20.2 Å². The van der Waals surface area contributed by atoms with E-state index in [1.807, 2.05) is 39.2 Å². The molecule has 1 N–H and O–H groups in total. The largest absolute Gasteiger partial charge is 0.508 e. The number of phenolic OH excluding ortho intramolecular Hbond substituents is 1. The highest BCUT2D eigenvalue weighted by atomic mass is 32.2. The molecule has 0 aliphatic rings. The molecule has 68 valence electrons. The summed E-state index contributed by atoms with van der Waals surface area (Å²) >= 11 is 1.68. The summed E-state index contributed by atoms with van der Waals surface area (Å²) in [5.74, 6) is 0.373. The number of hydrogen-bond donors (Lipinski definition) is 1. The smallest absolute Gasteiger partial charge is 0.118 e. The first-order chi connectivity index (χ1) is 5.74. The summed E-state index contributed by atoms with van der Waals surface area (Å²) in [6, 6.07) is 5.61. The Labute approximate surface area is 78.8 Å². The van der Waals surface area contributed by atoms with E-state index in [2.05, 4.69) is 0 Å². The number of aryl methyl sites for hydroxylation is 1. The average molecular weight is 184 g/mol. The second-order valence-electron chi connectivity index (χ2n) is 2.15. The Bertz CT molecular complexity index is 233. The van der Waals surface area contributed by atoms with Crippen molar-refractivity contribution in [2.75, 3.05) is 6.26 Å². The lowest BCUT2D eigenvalue weighted by molar-refractivity contribution is 0.470. The summed E-state index contributed by atoms with van der Waals surface area (Å²) in [5, 5.41) is 9.13. The maximum Gasteiger partial charge on any atom is 0.118 e. The molecule has 0 radical (unpaired) electrons. The van der Waals surface area contributed by atoms with E-state index in [1.54, 1.807) is 17.8 Å². The standard InChI is InChI=1S/C8H10OS.C2H6/c1-6-5-7(10-2)3-4-8(6)9;1-2/h3-5,9H,1-2H3;1-2H3. The monoisotopic (exact) mass is 184 g/mol. The zero-order valence-electron chi connectivity index (χ0n) is 8.09. The molecule has 0 amide bonds. The zero-order chi connectivity index (χ0) is 9.56. The Balaban J connectivity index is 0.000000561. The molecule has 1 aromatic carbocycles. The van der Waals surface area contributed by atoms with Gasteiger partial charge in [0.05, 0.1) is 0 Å². The molecule has 1 aromatic rings. The molecule has 0 aliphatic heterocycles. The lowest BCUT2D eigenvalue weighted by atomic mass is 10.2. The van der Waals surface area contributed by atoms with Crippen molar-refractivity contribution in [3.8, 4) is 5.75 Å². The highest BCUT2D eigenvalue weighted by molar-refractivity contribution is 7.98. The third kappa shape index (κ3) is 3.18. The molecule has 0 saturated heterocycles. The van der Waals surface area contributed by atoms with Crippen molar-refractivity contribution in [3.05, 3.63) is 23.8 Å². The minimum Gasteiger partial charge on any atom is -0.508 e. The Hall–Kier alpha value is -0.630. The summed E-state index contributed by atoms with van der Waals surface area (Å²) < 4.78 is 0. The molecular weight excluding hydrogens is 168 g/mol. The van der Waals surface area contributed by atoms with Crippen LogP contribution in [0.25, 0.3) is 0 Å². The van der Waals surface area contributed by atoms with Gasteiger partial charge >= 0.3 is 0 Å². The van der Waals surface area contributed by atoms with Gasteiger partial charge in [-0.3, -0.25) is 0 Å². The third-order valence-electron chi connectivity index (χ3n) is 1.40. The molecule has 1 nitrogen and oxygen atoms in total. The van der Waals surface area contributed by atoms with E-state index < -0.39 is 0 Å². The summed E-state index contributed by atoms with van der Waals surface area (Å²) in [7, 11) is 0. The van der Waals surface area contributed by atoms with Crippen LogP contribution in [0.15, 0.2) is 23.1 Å². The van der Waals surface area contributed by atoms with Crippen LogP contribution in [0.2, 0.25) is 0 Å². The van der Waals surface area contributed by atoms with E-state index in [9.17, 15) is 0 Å². The van der Waals surface area contributed by atoms with Crippen molar-refractivity contribution in [3.63, 3.8) is 0 Å². The van der Waals surface area contributed by atoms with E-state index >= 15 is 0 Å². The molecule has 12 heavy (non-hydrogen) atoms. The van der Waals surface area contributed by atoms with Crippen LogP contribution >= 0.6 is 11.8 Å². The van der Waals surface area contributed by atoms with Gasteiger partial charge in [-0.2, -0.15) is 0 Å². The van der Waals surface area contributed by atoms with Crippen LogP contribution in [0.5, 0.6) is 5.75 Å². The number of phenols is 1. The van der Waals surface area contributed by atoms with Crippen LogP contribution in [-0.2, 0) is 0 Å². The molecule has 0 saturated carbocycles. The second kappa shape index (κ2) is 5.95. The predicted octanol–water partition coefficient (Wildman–Crippen LogP) is 3.45. The predicted molar refractivity (Wildman–Crippen MR) is 56.0 cm³/mol. The molecule has 0 aromatic heterocycles. The number of benzene rings is 1. The van der Waals surface area contributed by atoms with E-state index in [4.69, 9.17) is 5.11 Å². The van der Waals surface area contributed by atoms with Crippen LogP contribution in [0.1, 0.15) is 19.4 Å². The minimum absolute atomic E-state index is 0.373. The highest BCUT2D eigenvalue weighted by Gasteiger charge is 1.94. The molecule has 0 heterocycles. The highest BCUT2D eigenvalue weighted by Crippen LogP contribution is 2.22. The fourth-order valence-corrected chi connectivity index (χ4v) is 1.25. The van der Waals surface area contributed by atoms with Gasteiger partial charge in [-0.1, -0.05) is 13.8 Å². The van der Waals surface area contributed by atoms with Crippen LogP contribution < -0.4 is 0 Å². The molecule has 2 heteroatoms. The maximum absolute atomic E-state index is 9.13. The van der Waals surface area contributed by atoms with Crippen molar-refractivity contribution < 1.29 is 5.11 Å². The average Bonchev–Trinajstić information content (AvgIpc) is 2.13. The number of thioether (sulfide) groups is 1. The summed E-state index contributed by atoms with van der Waals surface area (Å²) in [5.41, 5.74) is 0.937. The van der Waals surface area contributed by atoms with Gasteiger partial charge in [0.1, 0.15) is 5.75 Å². The van der Waals surface area contributed by atoms with Gasteiger partial charge in [0, 0.05) is 4.90 Å². The quantitative estimate of drug-likeness (QED) is 0.675. The van der Waals surface area contributed by atoms with Crippen molar-refractivity contribution >= 4 is 11.8 Å². The van der Waals surface area contributed by atoms with E-state index in [0.717, 1.165) is 5.56 Å². The van der Waals surface area contributed by atoms with E-state index in [0.29, 0.717) is 5.75 Å². The van der Waals surface area contributed by atoms with Crippen LogP contribution in [0.4, 0.5) is 0 Å². The number of rotatable bonds is 1. The van der Waals surface area contributed by atoms with Crippen molar-refractivity contribution in [2.45, 2.75) is 25.7 Å². The van der Waals surface area contributed by atoms with Crippen molar-refractivity contribution in [1.29, 1.82) is 0 Å². The van der Waals surface area contributed by atoms with E-state index in [1.165, 1.54) is 4.90 Å². The fraction of sp³-hybridized carbons (Fsp3) is 0.400. The Kier molecular flexibility index (Phi) is 5.64. The molecule has 0 atom stereocenters. The summed E-state index contributed by atoms with van der Waals surface area (Å²) in [6.07, 6.45) is 2.02. The van der Waals surface area contributed by atoms with Gasteiger partial charge in [-0.05, 0) is 36.9 Å². The Morgan fingerprint density at radius 2 is 1.83 bits per heavy atom. The van der Waals surface area contributed by atoms with Crippen molar-refractivity contribution in [2.24, 2.45) is 0 Å². The molecule has 0 bridgehead atoms. The lowest BCUT2D eigenvalue weighted by Crippen LogP contribution is -1.74. The lowest BCUT2D eigenvalue weighted by Gasteiger charge is -1.99. The second-order valence-corrected chi connectivity index (χ2v) is 3.03. The first-order valence-electron chi connectivity index (χ1n) is 4.07. The zero-order valence-corrected chi connectivity index (χ0v) is 8.90. The van der Waals surface area contributed by atoms with Gasteiger partial charge in [0.25, 0.3) is 0 Å². The molecule has 1 rings (SSSR count). The van der Waals surface area contributed by atoms with Gasteiger partial charge in [-0.25, -0.2) is 0 Å². The molecule has 0 fully saturated rings. The minimum atomic E-state index is 0.373. The fourth-order valence-electron chi connectivity index (χ4n) is 0.755. The first kappa shape index (κ1) is 11.4. The van der Waals surface area contributed by atoms with Crippen molar-refractivity contribution in [1.82, 2.24) is 0 Å². The van der Waals surface area contributed by atoms with Gasteiger partial charge in [0.2, 0.25) is 0 Å². The van der Waals surface area contributed by atoms with Gasteiger partial charge < -0.3 is 5.11 Å². The Morgan fingerprint density at radius 1 is 1.25 bits per heavy atom. The van der Waals surface area contributed by atoms with E-state index in [-0.39, 0.29) is 0 Å². The molecule has 0 aliphatic carbocycles. The van der Waals surface area contributed by atoms with Gasteiger partial charge in [0.15, 0.2) is 0 Å². The third-order valence-corrected chi connectivity index (χ3v) is 2.13. The molecule has 0 unspecified atom stereocenters. The van der Waals surface area contributed by atoms with Crippen LogP contribution in [0, 0.1) is 6.92 Å². The maximum atomic E-state index is 9.13. The van der Waals surface area contributed by atoms with Gasteiger partial charge in [-0.15, -0.1) is 11.8 Å². The molecule has 0 spiro atoms. The van der Waals surface area contributed by atoms with Crippen LogP contribution in [-0.4, -0.2) is 11.4 Å². The normalized spacial score (nSPS) is 8.67.